The highest BCUT2D eigenvalue weighted by Crippen LogP contribution is 2.42. The topological polar surface area (TPSA) is 0 Å². The smallest absolute Gasteiger partial charge is 0.00652 e. The van der Waals surface area contributed by atoms with Gasteiger partial charge in [-0.25, -0.2) is 0 Å². The summed E-state index contributed by atoms with van der Waals surface area (Å²) in [5.74, 6) is 2.20. The minimum absolute atomic E-state index is 0.714. The van der Waals surface area contributed by atoms with Gasteiger partial charge in [-0.15, -0.1) is 0 Å². The highest BCUT2D eigenvalue weighted by molar-refractivity contribution is 5.38. The Labute approximate surface area is 106 Å². The molecular weight excluding hydrogens is 204 g/mol. The van der Waals surface area contributed by atoms with Gasteiger partial charge < -0.3 is 0 Å². The van der Waals surface area contributed by atoms with Gasteiger partial charge in [0.2, 0.25) is 0 Å². The van der Waals surface area contributed by atoms with Gasteiger partial charge in [0.1, 0.15) is 0 Å². The molecule has 0 fully saturated rings. The lowest BCUT2D eigenvalue weighted by Gasteiger charge is -2.35. The third kappa shape index (κ3) is 2.31. The van der Waals surface area contributed by atoms with Crippen LogP contribution in [0.4, 0.5) is 0 Å². The highest BCUT2D eigenvalue weighted by atomic mass is 14.3. The Morgan fingerprint density at radius 1 is 1.18 bits per heavy atom. The minimum atomic E-state index is 0.714. The lowest BCUT2D eigenvalue weighted by molar-refractivity contribution is 0.346. The average Bonchev–Trinajstić information content (AvgIpc) is 2.30. The Kier molecular flexibility index (Phi) is 3.71. The van der Waals surface area contributed by atoms with Crippen molar-refractivity contribution in [3.8, 4) is 0 Å². The summed E-state index contributed by atoms with van der Waals surface area (Å²) in [5, 5.41) is 0. The zero-order valence-electron chi connectivity index (χ0n) is 11.5. The van der Waals surface area contributed by atoms with Crippen molar-refractivity contribution in [2.75, 3.05) is 0 Å². The molecule has 1 aliphatic carbocycles. The van der Waals surface area contributed by atoms with Gasteiger partial charge in [0.25, 0.3) is 0 Å². The van der Waals surface area contributed by atoms with Crippen molar-refractivity contribution in [2.45, 2.75) is 46.5 Å². The van der Waals surface area contributed by atoms with E-state index in [1.165, 1.54) is 24.0 Å². The van der Waals surface area contributed by atoms with Gasteiger partial charge >= 0.3 is 0 Å². The van der Waals surface area contributed by atoms with Crippen molar-refractivity contribution >= 4 is 0 Å². The monoisotopic (exact) mass is 228 g/mol. The van der Waals surface area contributed by atoms with E-state index in [2.05, 4.69) is 58.0 Å². The molecule has 0 saturated carbocycles. The fraction of sp³-hybridized carbons (Fsp3) is 0.529. The second kappa shape index (κ2) is 5.08. The molecule has 0 radical (unpaired) electrons. The van der Waals surface area contributed by atoms with Crippen molar-refractivity contribution in [3.63, 3.8) is 0 Å². The molecule has 1 aliphatic rings. The zero-order valence-corrected chi connectivity index (χ0v) is 11.5. The molecule has 1 aromatic carbocycles. The van der Waals surface area contributed by atoms with Crippen molar-refractivity contribution in [1.82, 2.24) is 0 Å². The number of hydrogen-bond acceptors (Lipinski definition) is 0. The molecule has 0 aromatic heterocycles. The summed E-state index contributed by atoms with van der Waals surface area (Å²) in [6, 6.07) is 6.71. The molecule has 0 nitrogen and oxygen atoms in total. The molecule has 1 aromatic rings. The predicted octanol–water partition coefficient (Wildman–Crippen LogP) is 5.01. The number of aryl methyl sites for hydroxylation is 2. The maximum atomic E-state index is 2.44. The molecule has 0 bridgehead atoms. The van der Waals surface area contributed by atoms with Crippen molar-refractivity contribution < 1.29 is 0 Å². The first-order valence-corrected chi connectivity index (χ1v) is 6.88. The number of benzene rings is 1. The molecular formula is C17H24. The molecule has 3 atom stereocenters. The van der Waals surface area contributed by atoms with Crippen LogP contribution in [-0.2, 0) is 0 Å². The Hall–Kier alpha value is -1.04. The van der Waals surface area contributed by atoms with E-state index in [1.54, 1.807) is 5.56 Å². The van der Waals surface area contributed by atoms with Gasteiger partial charge in [-0.3, -0.25) is 0 Å². The number of allylic oxidation sites excluding steroid dienone is 2. The van der Waals surface area contributed by atoms with Crippen molar-refractivity contribution in [2.24, 2.45) is 11.8 Å². The Morgan fingerprint density at radius 3 is 2.41 bits per heavy atom. The van der Waals surface area contributed by atoms with Crippen LogP contribution in [0.2, 0.25) is 0 Å². The van der Waals surface area contributed by atoms with E-state index in [9.17, 15) is 0 Å². The Morgan fingerprint density at radius 2 is 1.82 bits per heavy atom. The molecule has 0 spiro atoms. The molecule has 17 heavy (non-hydrogen) atoms. The summed E-state index contributed by atoms with van der Waals surface area (Å²) < 4.78 is 0. The molecule has 0 amide bonds. The van der Waals surface area contributed by atoms with Crippen LogP contribution in [0.3, 0.4) is 0 Å². The van der Waals surface area contributed by atoms with Crippen LogP contribution in [0, 0.1) is 25.7 Å². The van der Waals surface area contributed by atoms with Crippen LogP contribution in [0.5, 0.6) is 0 Å². The van der Waals surface area contributed by atoms with Crippen LogP contribution in [0.1, 0.15) is 49.3 Å². The third-order valence-corrected chi connectivity index (χ3v) is 4.31. The summed E-state index contributed by atoms with van der Waals surface area (Å²) >= 11 is 0. The third-order valence-electron chi connectivity index (χ3n) is 4.31. The van der Waals surface area contributed by atoms with E-state index in [-0.39, 0.29) is 0 Å². The number of hydrogen-bond donors (Lipinski definition) is 0. The quantitative estimate of drug-likeness (QED) is 0.624. The predicted molar refractivity (Wildman–Crippen MR) is 75.4 cm³/mol. The first-order chi connectivity index (χ1) is 8.15. The van der Waals surface area contributed by atoms with Gasteiger partial charge in [-0.2, -0.15) is 0 Å². The average molecular weight is 228 g/mol. The van der Waals surface area contributed by atoms with Crippen LogP contribution in [-0.4, -0.2) is 0 Å². The fourth-order valence-electron chi connectivity index (χ4n) is 3.40. The first kappa shape index (κ1) is 12.4. The Balaban J connectivity index is 2.46. The molecule has 92 valence electrons. The maximum absolute atomic E-state index is 2.44. The molecule has 3 unspecified atom stereocenters. The van der Waals surface area contributed by atoms with E-state index >= 15 is 0 Å². The summed E-state index contributed by atoms with van der Waals surface area (Å²) in [6.07, 6.45) is 7.30. The summed E-state index contributed by atoms with van der Waals surface area (Å²) in [4.78, 5) is 0. The second-order valence-electron chi connectivity index (χ2n) is 5.54. The van der Waals surface area contributed by atoms with Gasteiger partial charge in [-0.05, 0) is 61.1 Å². The second-order valence-corrected chi connectivity index (χ2v) is 5.54. The van der Waals surface area contributed by atoms with E-state index < -0.39 is 0 Å². The van der Waals surface area contributed by atoms with Crippen LogP contribution < -0.4 is 0 Å². The molecule has 0 aliphatic heterocycles. The van der Waals surface area contributed by atoms with Crippen molar-refractivity contribution in [1.29, 1.82) is 0 Å². The van der Waals surface area contributed by atoms with Gasteiger partial charge in [0, 0.05) is 0 Å². The molecule has 0 heteroatoms. The molecule has 2 rings (SSSR count). The normalized spacial score (nSPS) is 28.4. The van der Waals surface area contributed by atoms with Crippen LogP contribution in [0.25, 0.3) is 0 Å². The summed E-state index contributed by atoms with van der Waals surface area (Å²) in [7, 11) is 0. The van der Waals surface area contributed by atoms with E-state index in [1.807, 2.05) is 0 Å². The van der Waals surface area contributed by atoms with Crippen LogP contribution >= 0.6 is 0 Å². The van der Waals surface area contributed by atoms with Gasteiger partial charge in [0.05, 0.1) is 0 Å². The van der Waals surface area contributed by atoms with Gasteiger partial charge in [0.15, 0.2) is 0 Å². The Bertz CT molecular complexity index is 394. The first-order valence-electron chi connectivity index (χ1n) is 6.88. The van der Waals surface area contributed by atoms with Crippen molar-refractivity contribution in [3.05, 3.63) is 47.0 Å². The zero-order chi connectivity index (χ0) is 12.4. The van der Waals surface area contributed by atoms with Gasteiger partial charge in [-0.1, -0.05) is 44.2 Å². The standard InChI is InChI=1S/C17H24/c1-5-15-11-7-10-14(4)17(15)16-12(2)8-6-9-13(16)3/h6-9,11,14-15,17H,5,10H2,1-4H3. The summed E-state index contributed by atoms with van der Waals surface area (Å²) in [5.41, 5.74) is 4.54. The molecule has 0 N–H and O–H groups in total. The maximum Gasteiger partial charge on any atom is -0.00652 e. The van der Waals surface area contributed by atoms with E-state index in [4.69, 9.17) is 0 Å². The SMILES string of the molecule is CCC1C=CCC(C)C1c1c(C)cccc1C. The largest absolute Gasteiger partial charge is 0.0880 e. The minimum Gasteiger partial charge on any atom is -0.0880 e. The molecule has 0 heterocycles. The summed E-state index contributed by atoms with van der Waals surface area (Å²) in [6.45, 7) is 9.25. The molecule has 0 saturated heterocycles. The lowest BCUT2D eigenvalue weighted by atomic mass is 9.70. The number of rotatable bonds is 2. The highest BCUT2D eigenvalue weighted by Gasteiger charge is 2.29. The van der Waals surface area contributed by atoms with Crippen LogP contribution in [0.15, 0.2) is 30.4 Å². The fourth-order valence-corrected chi connectivity index (χ4v) is 3.40. The van der Waals surface area contributed by atoms with E-state index in [0.717, 1.165) is 11.8 Å². The lowest BCUT2D eigenvalue weighted by Crippen LogP contribution is -2.22. The van der Waals surface area contributed by atoms with E-state index in [0.29, 0.717) is 5.92 Å².